The van der Waals surface area contributed by atoms with Gasteiger partial charge in [-0.25, -0.2) is 0 Å². The van der Waals surface area contributed by atoms with Gasteiger partial charge in [0.1, 0.15) is 5.69 Å². The Morgan fingerprint density at radius 3 is 2.38 bits per heavy atom. The molecule has 0 aliphatic heterocycles. The minimum Gasteiger partial charge on any atom is -0.504 e. The van der Waals surface area contributed by atoms with Gasteiger partial charge in [0, 0.05) is 12.6 Å². The molecule has 21 heavy (non-hydrogen) atoms. The molecule has 0 spiro atoms. The van der Waals surface area contributed by atoms with Gasteiger partial charge in [-0.2, -0.15) is 0 Å². The second-order valence-electron chi connectivity index (χ2n) is 4.89. The topological polar surface area (TPSA) is 95.6 Å². The van der Waals surface area contributed by atoms with Crippen LogP contribution < -0.4 is 5.32 Å². The molecule has 0 amide bonds. The van der Waals surface area contributed by atoms with E-state index in [4.69, 9.17) is 0 Å². The van der Waals surface area contributed by atoms with Crippen LogP contribution in [0, 0.1) is 24.0 Å². The van der Waals surface area contributed by atoms with Gasteiger partial charge < -0.3 is 15.5 Å². The first-order chi connectivity index (χ1) is 9.88. The third kappa shape index (κ3) is 3.22. The van der Waals surface area contributed by atoms with Crippen molar-refractivity contribution >= 4 is 11.4 Å². The molecule has 6 heteroatoms. The monoisotopic (exact) mass is 288 g/mol. The van der Waals surface area contributed by atoms with Crippen LogP contribution in [-0.4, -0.2) is 15.1 Å². The Morgan fingerprint density at radius 1 is 1.10 bits per heavy atom. The zero-order valence-electron chi connectivity index (χ0n) is 11.8. The molecule has 3 N–H and O–H groups in total. The molecule has 6 nitrogen and oxygen atoms in total. The number of aryl methyl sites for hydroxylation is 2. The summed E-state index contributed by atoms with van der Waals surface area (Å²) in [6.07, 6.45) is 0. The number of nitro benzene ring substituents is 1. The first-order valence-corrected chi connectivity index (χ1v) is 6.39. The first-order valence-electron chi connectivity index (χ1n) is 6.39. The van der Waals surface area contributed by atoms with E-state index in [1.807, 2.05) is 13.8 Å². The van der Waals surface area contributed by atoms with E-state index in [2.05, 4.69) is 5.32 Å². The Kier molecular flexibility index (Phi) is 3.98. The SMILES string of the molecule is Cc1cc(NCc2ccc(O)c(O)c2)c([N+](=O)[O-])cc1C. The number of phenols is 2. The molecule has 0 aliphatic rings. The summed E-state index contributed by atoms with van der Waals surface area (Å²) in [7, 11) is 0. The Balaban J connectivity index is 2.24. The van der Waals surface area contributed by atoms with E-state index in [0.29, 0.717) is 17.8 Å². The summed E-state index contributed by atoms with van der Waals surface area (Å²) in [4.78, 5) is 10.7. The Hall–Kier alpha value is -2.76. The number of aromatic hydroxyl groups is 2. The smallest absolute Gasteiger partial charge is 0.292 e. The normalized spacial score (nSPS) is 10.4. The third-order valence-corrected chi connectivity index (χ3v) is 3.33. The van der Waals surface area contributed by atoms with E-state index < -0.39 is 4.92 Å². The number of nitrogens with one attached hydrogen (secondary N) is 1. The summed E-state index contributed by atoms with van der Waals surface area (Å²) >= 11 is 0. The van der Waals surface area contributed by atoms with Crippen molar-refractivity contribution in [2.45, 2.75) is 20.4 Å². The zero-order valence-corrected chi connectivity index (χ0v) is 11.8. The van der Waals surface area contributed by atoms with Crippen LogP contribution in [0.1, 0.15) is 16.7 Å². The summed E-state index contributed by atoms with van der Waals surface area (Å²) in [5.74, 6) is -0.417. The standard InChI is InChI=1S/C15H16N2O4/c1-9-5-12(13(17(20)21)6-10(9)2)16-8-11-3-4-14(18)15(19)7-11/h3-7,16,18-19H,8H2,1-2H3. The lowest BCUT2D eigenvalue weighted by molar-refractivity contribution is -0.384. The molecule has 2 aromatic rings. The predicted molar refractivity (Wildman–Crippen MR) is 79.7 cm³/mol. The minimum absolute atomic E-state index is 0.0149. The van der Waals surface area contributed by atoms with E-state index >= 15 is 0 Å². The summed E-state index contributed by atoms with van der Waals surface area (Å²) < 4.78 is 0. The molecule has 0 unspecified atom stereocenters. The van der Waals surface area contributed by atoms with E-state index in [0.717, 1.165) is 11.1 Å². The average Bonchev–Trinajstić information content (AvgIpc) is 2.43. The highest BCUT2D eigenvalue weighted by atomic mass is 16.6. The van der Waals surface area contributed by atoms with E-state index in [1.54, 1.807) is 12.1 Å². The number of benzene rings is 2. The Labute approximate surface area is 121 Å². The van der Waals surface area contributed by atoms with Gasteiger partial charge in [-0.15, -0.1) is 0 Å². The molecule has 0 aromatic heterocycles. The van der Waals surface area contributed by atoms with Crippen LogP contribution in [0.3, 0.4) is 0 Å². The van der Waals surface area contributed by atoms with Crippen LogP contribution >= 0.6 is 0 Å². The lowest BCUT2D eigenvalue weighted by Crippen LogP contribution is -2.03. The molecule has 0 aliphatic carbocycles. The Morgan fingerprint density at radius 2 is 1.76 bits per heavy atom. The van der Waals surface area contributed by atoms with E-state index in [-0.39, 0.29) is 17.2 Å². The maximum absolute atomic E-state index is 11.1. The number of anilines is 1. The molecule has 2 aromatic carbocycles. The summed E-state index contributed by atoms with van der Waals surface area (Å²) in [5.41, 5.74) is 2.96. The van der Waals surface area contributed by atoms with Gasteiger partial charge in [-0.1, -0.05) is 6.07 Å². The molecule has 2 rings (SSSR count). The maximum Gasteiger partial charge on any atom is 0.292 e. The van der Waals surface area contributed by atoms with Gasteiger partial charge in [0.05, 0.1) is 4.92 Å². The molecule has 0 atom stereocenters. The van der Waals surface area contributed by atoms with Gasteiger partial charge in [0.15, 0.2) is 11.5 Å². The minimum atomic E-state index is -0.428. The molecule has 0 radical (unpaired) electrons. The van der Waals surface area contributed by atoms with Crippen LogP contribution in [0.25, 0.3) is 0 Å². The van der Waals surface area contributed by atoms with Crippen LogP contribution in [-0.2, 0) is 6.54 Å². The van der Waals surface area contributed by atoms with Gasteiger partial charge in [-0.05, 0) is 48.7 Å². The van der Waals surface area contributed by atoms with Crippen molar-refractivity contribution in [3.63, 3.8) is 0 Å². The third-order valence-electron chi connectivity index (χ3n) is 3.33. The number of rotatable bonds is 4. The van der Waals surface area contributed by atoms with Crippen molar-refractivity contribution in [3.8, 4) is 11.5 Å². The molecule has 110 valence electrons. The summed E-state index contributed by atoms with van der Waals surface area (Å²) in [5, 5.41) is 32.8. The first kappa shape index (κ1) is 14.6. The van der Waals surface area contributed by atoms with Gasteiger partial charge in [0.2, 0.25) is 0 Å². The Bertz CT molecular complexity index is 698. The molecule has 0 bridgehead atoms. The number of phenolic OH excluding ortho intramolecular Hbond substituents is 2. The van der Waals surface area contributed by atoms with Crippen molar-refractivity contribution in [3.05, 3.63) is 57.1 Å². The van der Waals surface area contributed by atoms with E-state index in [9.17, 15) is 20.3 Å². The van der Waals surface area contributed by atoms with Gasteiger partial charge in [0.25, 0.3) is 5.69 Å². The fraction of sp³-hybridized carbons (Fsp3) is 0.200. The van der Waals surface area contributed by atoms with Crippen molar-refractivity contribution in [2.24, 2.45) is 0 Å². The second kappa shape index (κ2) is 5.70. The predicted octanol–water partition coefficient (Wildman–Crippen LogP) is 3.23. The lowest BCUT2D eigenvalue weighted by Gasteiger charge is -2.10. The van der Waals surface area contributed by atoms with Crippen LogP contribution in [0.4, 0.5) is 11.4 Å². The molecule has 0 heterocycles. The summed E-state index contributed by atoms with van der Waals surface area (Å²) in [6, 6.07) is 7.69. The second-order valence-corrected chi connectivity index (χ2v) is 4.89. The fourth-order valence-electron chi connectivity index (χ4n) is 1.97. The quantitative estimate of drug-likeness (QED) is 0.456. The lowest BCUT2D eigenvalue weighted by atomic mass is 10.1. The van der Waals surface area contributed by atoms with Crippen LogP contribution in [0.15, 0.2) is 30.3 Å². The van der Waals surface area contributed by atoms with Crippen LogP contribution in [0.2, 0.25) is 0 Å². The highest BCUT2D eigenvalue weighted by molar-refractivity contribution is 5.64. The van der Waals surface area contributed by atoms with E-state index in [1.165, 1.54) is 18.2 Å². The van der Waals surface area contributed by atoms with Crippen molar-refractivity contribution < 1.29 is 15.1 Å². The fourth-order valence-corrected chi connectivity index (χ4v) is 1.97. The molecular weight excluding hydrogens is 272 g/mol. The summed E-state index contributed by atoms with van der Waals surface area (Å²) in [6.45, 7) is 4.01. The molecule has 0 saturated carbocycles. The number of nitrogens with zero attached hydrogens (tertiary/aromatic N) is 1. The molecule has 0 fully saturated rings. The average molecular weight is 288 g/mol. The molecule has 0 saturated heterocycles. The van der Waals surface area contributed by atoms with Crippen LogP contribution in [0.5, 0.6) is 11.5 Å². The number of hydrogen-bond acceptors (Lipinski definition) is 5. The molecular formula is C15H16N2O4. The van der Waals surface area contributed by atoms with Crippen molar-refractivity contribution in [1.29, 1.82) is 0 Å². The van der Waals surface area contributed by atoms with Gasteiger partial charge >= 0.3 is 0 Å². The highest BCUT2D eigenvalue weighted by Crippen LogP contribution is 2.29. The van der Waals surface area contributed by atoms with Gasteiger partial charge in [-0.3, -0.25) is 10.1 Å². The zero-order chi connectivity index (χ0) is 15.6. The van der Waals surface area contributed by atoms with Crippen molar-refractivity contribution in [2.75, 3.05) is 5.32 Å². The van der Waals surface area contributed by atoms with Crippen molar-refractivity contribution in [1.82, 2.24) is 0 Å². The highest BCUT2D eigenvalue weighted by Gasteiger charge is 2.15. The number of hydrogen-bond donors (Lipinski definition) is 3. The maximum atomic E-state index is 11.1. The number of nitro groups is 1. The largest absolute Gasteiger partial charge is 0.504 e.